The van der Waals surface area contributed by atoms with E-state index < -0.39 is 0 Å². The van der Waals surface area contributed by atoms with E-state index in [4.69, 9.17) is 23.2 Å². The average Bonchev–Trinajstić information content (AvgIpc) is 4.02. The fraction of sp³-hybridized carbons (Fsp3) is 0.0182. The zero-order valence-corrected chi connectivity index (χ0v) is 32.6. The van der Waals surface area contributed by atoms with Crippen molar-refractivity contribution in [3.05, 3.63) is 205 Å². The molecule has 0 bridgehead atoms. The van der Waals surface area contributed by atoms with Gasteiger partial charge in [-0.25, -0.2) is 9.98 Å². The first kappa shape index (κ1) is 33.7. The molecule has 3 aromatic heterocycles. The van der Waals surface area contributed by atoms with Crippen molar-refractivity contribution in [2.45, 2.75) is 6.17 Å². The zero-order chi connectivity index (χ0) is 40.0. The van der Waals surface area contributed by atoms with E-state index in [2.05, 4.69) is 133 Å². The van der Waals surface area contributed by atoms with Crippen LogP contribution in [0.5, 0.6) is 0 Å². The van der Waals surface area contributed by atoms with Crippen LogP contribution in [0.3, 0.4) is 0 Å². The summed E-state index contributed by atoms with van der Waals surface area (Å²) in [6.45, 7) is 0. The molecule has 4 heterocycles. The lowest BCUT2D eigenvalue weighted by Gasteiger charge is -2.25. The van der Waals surface area contributed by atoms with E-state index in [-0.39, 0.29) is 6.17 Å². The van der Waals surface area contributed by atoms with Gasteiger partial charge < -0.3 is 18.6 Å². The monoisotopic (exact) mass is 783 g/mol. The van der Waals surface area contributed by atoms with Gasteiger partial charge in [-0.1, -0.05) is 152 Å². The average molecular weight is 784 g/mol. The smallest absolute Gasteiger partial charge is 0.160 e. The van der Waals surface area contributed by atoms with Crippen LogP contribution in [0.4, 0.5) is 0 Å². The summed E-state index contributed by atoms with van der Waals surface area (Å²) in [7, 11) is 0. The van der Waals surface area contributed by atoms with Crippen LogP contribution in [0.25, 0.3) is 98.8 Å². The SMILES string of the molecule is c1ccc(C2N=C(c3cccc4oc5ccccc5c34)N=C(c3ccc(-c4cc(-c5cccc6c5oc5ccccc56)cc5oc6ccccc6c45)c4ccccc34)N2)cc1. The molecule has 6 nitrogen and oxygen atoms in total. The first-order valence-corrected chi connectivity index (χ1v) is 20.5. The van der Waals surface area contributed by atoms with Gasteiger partial charge in [0.2, 0.25) is 0 Å². The zero-order valence-electron chi connectivity index (χ0n) is 32.6. The van der Waals surface area contributed by atoms with Crippen LogP contribution in [0.2, 0.25) is 0 Å². The van der Waals surface area contributed by atoms with Crippen LogP contribution in [-0.2, 0) is 0 Å². The molecule has 1 atom stereocenters. The molecule has 286 valence electrons. The normalized spacial score (nSPS) is 14.4. The van der Waals surface area contributed by atoms with E-state index in [1.54, 1.807) is 0 Å². The van der Waals surface area contributed by atoms with Crippen LogP contribution < -0.4 is 5.32 Å². The summed E-state index contributed by atoms with van der Waals surface area (Å²) < 4.78 is 19.5. The van der Waals surface area contributed by atoms with Gasteiger partial charge in [0.25, 0.3) is 0 Å². The number of hydrogen-bond acceptors (Lipinski definition) is 6. The van der Waals surface area contributed by atoms with E-state index in [1.165, 1.54) is 0 Å². The Kier molecular flexibility index (Phi) is 7.27. The molecule has 61 heavy (non-hydrogen) atoms. The molecule has 0 spiro atoms. The van der Waals surface area contributed by atoms with Crippen LogP contribution in [-0.4, -0.2) is 11.7 Å². The van der Waals surface area contributed by atoms with E-state index >= 15 is 0 Å². The largest absolute Gasteiger partial charge is 0.456 e. The molecular weight excluding hydrogens is 751 g/mol. The highest BCUT2D eigenvalue weighted by molar-refractivity contribution is 6.25. The van der Waals surface area contributed by atoms with Crippen molar-refractivity contribution in [3.63, 3.8) is 0 Å². The van der Waals surface area contributed by atoms with E-state index in [0.29, 0.717) is 5.84 Å². The van der Waals surface area contributed by atoms with Gasteiger partial charge in [-0.3, -0.25) is 0 Å². The predicted molar refractivity (Wildman–Crippen MR) is 248 cm³/mol. The maximum atomic E-state index is 6.66. The highest BCUT2D eigenvalue weighted by Crippen LogP contribution is 2.45. The van der Waals surface area contributed by atoms with E-state index in [1.807, 2.05) is 60.7 Å². The minimum absolute atomic E-state index is 0.370. The molecule has 0 radical (unpaired) electrons. The van der Waals surface area contributed by atoms with Crippen LogP contribution >= 0.6 is 0 Å². The van der Waals surface area contributed by atoms with Gasteiger partial charge in [0.15, 0.2) is 5.84 Å². The van der Waals surface area contributed by atoms with Gasteiger partial charge in [0, 0.05) is 49.0 Å². The second-order valence-electron chi connectivity index (χ2n) is 15.6. The van der Waals surface area contributed by atoms with E-state index in [9.17, 15) is 0 Å². The fourth-order valence-corrected chi connectivity index (χ4v) is 9.41. The van der Waals surface area contributed by atoms with Crippen molar-refractivity contribution in [1.29, 1.82) is 0 Å². The van der Waals surface area contributed by atoms with Gasteiger partial charge in [0.05, 0.1) is 0 Å². The minimum Gasteiger partial charge on any atom is -0.456 e. The number of para-hydroxylation sites is 4. The first-order valence-electron chi connectivity index (χ1n) is 20.5. The van der Waals surface area contributed by atoms with Crippen LogP contribution in [0.15, 0.2) is 211 Å². The van der Waals surface area contributed by atoms with Gasteiger partial charge in [-0.05, 0) is 69.4 Å². The Hall–Kier alpha value is -8.22. The van der Waals surface area contributed by atoms with Gasteiger partial charge >= 0.3 is 0 Å². The Balaban J connectivity index is 1.03. The van der Waals surface area contributed by atoms with Crippen molar-refractivity contribution in [2.24, 2.45) is 9.98 Å². The summed E-state index contributed by atoms with van der Waals surface area (Å²) in [4.78, 5) is 10.6. The van der Waals surface area contributed by atoms with Crippen molar-refractivity contribution >= 4 is 88.3 Å². The molecule has 0 amide bonds. The van der Waals surface area contributed by atoms with Crippen LogP contribution in [0, 0.1) is 0 Å². The number of rotatable bonds is 5. The minimum atomic E-state index is -0.370. The highest BCUT2D eigenvalue weighted by Gasteiger charge is 2.26. The molecule has 1 aliphatic rings. The summed E-state index contributed by atoms with van der Waals surface area (Å²) in [5.74, 6) is 1.39. The third kappa shape index (κ3) is 5.22. The third-order valence-corrected chi connectivity index (χ3v) is 12.2. The Labute approximate surface area is 348 Å². The van der Waals surface area contributed by atoms with E-state index in [0.717, 1.165) is 121 Å². The maximum absolute atomic E-state index is 6.66. The van der Waals surface area contributed by atoms with Gasteiger partial charge in [-0.15, -0.1) is 0 Å². The maximum Gasteiger partial charge on any atom is 0.160 e. The number of aliphatic imine (C=N–C) groups is 2. The molecule has 1 unspecified atom stereocenters. The predicted octanol–water partition coefficient (Wildman–Crippen LogP) is 14.4. The van der Waals surface area contributed by atoms with Crippen molar-refractivity contribution in [3.8, 4) is 22.3 Å². The topological polar surface area (TPSA) is 76.2 Å². The molecule has 6 heteroatoms. The third-order valence-electron chi connectivity index (χ3n) is 12.2. The molecule has 0 saturated heterocycles. The lowest BCUT2D eigenvalue weighted by Crippen LogP contribution is -2.33. The molecule has 0 saturated carbocycles. The quantitative estimate of drug-likeness (QED) is 0.189. The summed E-state index contributed by atoms with van der Waals surface area (Å²) in [5.41, 5.74) is 12.2. The number of benzene rings is 9. The van der Waals surface area contributed by atoms with Gasteiger partial charge in [-0.2, -0.15) is 0 Å². The Morgan fingerprint density at radius 1 is 0.377 bits per heavy atom. The molecule has 1 N–H and O–H groups in total. The van der Waals surface area contributed by atoms with Crippen molar-refractivity contribution in [2.75, 3.05) is 0 Å². The molecule has 1 aliphatic heterocycles. The number of fused-ring (bicyclic) bond motifs is 10. The van der Waals surface area contributed by atoms with Crippen molar-refractivity contribution < 1.29 is 13.3 Å². The number of furan rings is 3. The molecule has 12 aromatic rings. The Morgan fingerprint density at radius 3 is 1.70 bits per heavy atom. The molecular formula is C55H33N3O3. The molecule has 0 aliphatic carbocycles. The second kappa shape index (κ2) is 13.1. The molecule has 0 fully saturated rings. The van der Waals surface area contributed by atoms with Crippen LogP contribution in [0.1, 0.15) is 22.9 Å². The summed E-state index contributed by atoms with van der Waals surface area (Å²) >= 11 is 0. The second-order valence-corrected chi connectivity index (χ2v) is 15.6. The fourth-order valence-electron chi connectivity index (χ4n) is 9.41. The molecule has 9 aromatic carbocycles. The summed E-state index contributed by atoms with van der Waals surface area (Å²) in [5, 5.41) is 12.3. The number of hydrogen-bond donors (Lipinski definition) is 1. The first-order chi connectivity index (χ1) is 30.2. The standard InChI is InChI=1S/C55H33N3O3/c1-2-14-32(15-3-1)53-56-54(58-55(57-53)43-23-13-27-48-50(43)41-19-7-10-25-46(41)59-48)40-29-28-37(35-16-4-5-17-36(35)40)44-30-33(31-49-51(44)42-20-8-11-26-47(42)60-49)34-21-12-22-39-38-18-6-9-24-45(38)61-52(34)39/h1-31,53H,(H,56,57,58). The lowest BCUT2D eigenvalue weighted by molar-refractivity contribution is 0.668. The molecule has 13 rings (SSSR count). The number of nitrogens with one attached hydrogen (secondary N) is 1. The van der Waals surface area contributed by atoms with Crippen molar-refractivity contribution in [1.82, 2.24) is 5.32 Å². The highest BCUT2D eigenvalue weighted by atomic mass is 16.3. The Morgan fingerprint density at radius 2 is 0.934 bits per heavy atom. The number of amidine groups is 2. The van der Waals surface area contributed by atoms with Gasteiger partial charge in [0.1, 0.15) is 45.5 Å². The Bertz CT molecular complexity index is 3810. The lowest BCUT2D eigenvalue weighted by atomic mass is 9.89. The number of nitrogens with zero attached hydrogens (tertiary/aromatic N) is 2. The summed E-state index contributed by atoms with van der Waals surface area (Å²) in [6.07, 6.45) is -0.370. The summed E-state index contributed by atoms with van der Waals surface area (Å²) in [6, 6.07) is 65.0.